The first-order chi connectivity index (χ1) is 8.60. The molecule has 0 saturated carbocycles. The number of likely N-dealkylation sites (tertiary alicyclic amines) is 1. The summed E-state index contributed by atoms with van der Waals surface area (Å²) in [4.78, 5) is 16.5. The maximum absolute atomic E-state index is 12.2. The Labute approximate surface area is 115 Å². The molecule has 0 aromatic rings. The Kier molecular flexibility index (Phi) is 7.04. The maximum atomic E-state index is 12.2. The van der Waals surface area contributed by atoms with Crippen LogP contribution in [0.25, 0.3) is 0 Å². The molecule has 1 aliphatic heterocycles. The van der Waals surface area contributed by atoms with Crippen molar-refractivity contribution in [3.8, 4) is 0 Å². The summed E-state index contributed by atoms with van der Waals surface area (Å²) < 4.78 is 0. The van der Waals surface area contributed by atoms with Crippen molar-refractivity contribution >= 4 is 17.7 Å². The minimum Gasteiger partial charge on any atom is -0.341 e. The summed E-state index contributed by atoms with van der Waals surface area (Å²) in [6.45, 7) is 5.49. The Bertz CT molecular complexity index is 255. The van der Waals surface area contributed by atoms with E-state index in [-0.39, 0.29) is 11.9 Å². The first-order valence-corrected chi connectivity index (χ1v) is 8.23. The van der Waals surface area contributed by atoms with Crippen molar-refractivity contribution in [2.45, 2.75) is 38.3 Å². The lowest BCUT2D eigenvalue weighted by Gasteiger charge is -2.37. The Morgan fingerprint density at radius 1 is 1.50 bits per heavy atom. The van der Waals surface area contributed by atoms with E-state index in [0.29, 0.717) is 6.04 Å². The standard InChI is InChI=1S/C13H27N3OS/c1-4-16-8-5-11(6-9-16)15(2)13(17)12(14)7-10-18-3/h11-12H,4-10,14H2,1-3H3/t12-/m1/s1. The molecule has 0 radical (unpaired) electrons. The topological polar surface area (TPSA) is 49.6 Å². The number of nitrogens with zero attached hydrogens (tertiary/aromatic N) is 2. The van der Waals surface area contributed by atoms with Gasteiger partial charge in [-0.2, -0.15) is 11.8 Å². The molecule has 0 aliphatic carbocycles. The van der Waals surface area contributed by atoms with Gasteiger partial charge >= 0.3 is 0 Å². The molecular formula is C13H27N3OS. The summed E-state index contributed by atoms with van der Waals surface area (Å²) in [7, 11) is 1.91. The van der Waals surface area contributed by atoms with E-state index in [0.717, 1.165) is 44.6 Å². The highest BCUT2D eigenvalue weighted by molar-refractivity contribution is 7.98. The largest absolute Gasteiger partial charge is 0.341 e. The van der Waals surface area contributed by atoms with Gasteiger partial charge < -0.3 is 15.5 Å². The number of hydrogen-bond acceptors (Lipinski definition) is 4. The van der Waals surface area contributed by atoms with Crippen molar-refractivity contribution in [3.63, 3.8) is 0 Å². The lowest BCUT2D eigenvalue weighted by atomic mass is 10.0. The van der Waals surface area contributed by atoms with Gasteiger partial charge in [0.25, 0.3) is 0 Å². The van der Waals surface area contributed by atoms with Gasteiger partial charge in [0.05, 0.1) is 6.04 Å². The fraction of sp³-hybridized carbons (Fsp3) is 0.923. The molecule has 2 N–H and O–H groups in total. The van der Waals surface area contributed by atoms with Crippen LogP contribution >= 0.6 is 11.8 Å². The van der Waals surface area contributed by atoms with Crippen molar-refractivity contribution in [3.05, 3.63) is 0 Å². The second kappa shape index (κ2) is 8.02. The van der Waals surface area contributed by atoms with E-state index in [1.807, 2.05) is 18.2 Å². The number of piperidine rings is 1. The summed E-state index contributed by atoms with van der Waals surface area (Å²) in [5, 5.41) is 0. The molecule has 0 bridgehead atoms. The molecule has 4 nitrogen and oxygen atoms in total. The number of thioether (sulfide) groups is 1. The number of carbonyl (C=O) groups is 1. The van der Waals surface area contributed by atoms with E-state index >= 15 is 0 Å². The molecule has 5 heteroatoms. The monoisotopic (exact) mass is 273 g/mol. The van der Waals surface area contributed by atoms with E-state index in [4.69, 9.17) is 5.73 Å². The Morgan fingerprint density at radius 3 is 2.61 bits per heavy atom. The number of hydrogen-bond donors (Lipinski definition) is 1. The molecule has 1 atom stereocenters. The minimum absolute atomic E-state index is 0.110. The lowest BCUT2D eigenvalue weighted by Crippen LogP contribution is -2.50. The zero-order chi connectivity index (χ0) is 13.5. The third-order valence-corrected chi connectivity index (χ3v) is 4.49. The molecule has 1 heterocycles. The summed E-state index contributed by atoms with van der Waals surface area (Å²) in [6.07, 6.45) is 4.97. The summed E-state index contributed by atoms with van der Waals surface area (Å²) in [5.41, 5.74) is 5.95. The molecule has 0 spiro atoms. The van der Waals surface area contributed by atoms with Gasteiger partial charge in [0, 0.05) is 26.2 Å². The average molecular weight is 273 g/mol. The van der Waals surface area contributed by atoms with Crippen molar-refractivity contribution < 1.29 is 4.79 Å². The van der Waals surface area contributed by atoms with Gasteiger partial charge in [-0.05, 0) is 37.8 Å². The van der Waals surface area contributed by atoms with Gasteiger partial charge in [-0.25, -0.2) is 0 Å². The Morgan fingerprint density at radius 2 is 2.11 bits per heavy atom. The van der Waals surface area contributed by atoms with Gasteiger partial charge in [0.1, 0.15) is 0 Å². The molecule has 0 aromatic heterocycles. The van der Waals surface area contributed by atoms with E-state index < -0.39 is 0 Å². The third kappa shape index (κ3) is 4.44. The molecule has 106 valence electrons. The summed E-state index contributed by atoms with van der Waals surface area (Å²) in [5.74, 6) is 1.06. The minimum atomic E-state index is -0.327. The highest BCUT2D eigenvalue weighted by Gasteiger charge is 2.27. The van der Waals surface area contributed by atoms with Crippen LogP contribution in [-0.2, 0) is 4.79 Å². The van der Waals surface area contributed by atoms with Gasteiger partial charge in [-0.1, -0.05) is 6.92 Å². The van der Waals surface area contributed by atoms with Crippen molar-refractivity contribution in [1.29, 1.82) is 0 Å². The first kappa shape index (κ1) is 15.8. The number of carbonyl (C=O) groups excluding carboxylic acids is 1. The van der Waals surface area contributed by atoms with Crippen LogP contribution in [0.5, 0.6) is 0 Å². The molecule has 1 amide bonds. The number of likely N-dealkylation sites (N-methyl/N-ethyl adjacent to an activating group) is 1. The van der Waals surface area contributed by atoms with Gasteiger partial charge in [0.15, 0.2) is 0 Å². The molecule has 1 rings (SSSR count). The molecule has 1 saturated heterocycles. The zero-order valence-corrected chi connectivity index (χ0v) is 12.7. The van der Waals surface area contributed by atoms with Crippen LogP contribution in [0.1, 0.15) is 26.2 Å². The second-order valence-corrected chi connectivity index (χ2v) is 5.99. The first-order valence-electron chi connectivity index (χ1n) is 6.83. The van der Waals surface area contributed by atoms with Crippen molar-refractivity contribution in [2.24, 2.45) is 5.73 Å². The van der Waals surface area contributed by atoms with Crippen LogP contribution in [0.2, 0.25) is 0 Å². The second-order valence-electron chi connectivity index (χ2n) is 5.00. The SMILES string of the molecule is CCN1CCC(N(C)C(=O)[C@H](N)CCSC)CC1. The number of rotatable bonds is 6. The Hall–Kier alpha value is -0.260. The maximum Gasteiger partial charge on any atom is 0.239 e. The molecular weight excluding hydrogens is 246 g/mol. The van der Waals surface area contributed by atoms with E-state index in [2.05, 4.69) is 11.8 Å². The molecule has 1 fully saturated rings. The zero-order valence-electron chi connectivity index (χ0n) is 11.9. The number of nitrogens with two attached hydrogens (primary N) is 1. The quantitative estimate of drug-likeness (QED) is 0.785. The molecule has 0 unspecified atom stereocenters. The molecule has 18 heavy (non-hydrogen) atoms. The summed E-state index contributed by atoms with van der Waals surface area (Å²) >= 11 is 1.74. The van der Waals surface area contributed by atoms with Crippen LogP contribution < -0.4 is 5.73 Å². The molecule has 1 aliphatic rings. The predicted molar refractivity (Wildman–Crippen MR) is 78.9 cm³/mol. The van der Waals surface area contributed by atoms with Crippen LogP contribution in [0.15, 0.2) is 0 Å². The van der Waals surface area contributed by atoms with Gasteiger partial charge in [0.2, 0.25) is 5.91 Å². The predicted octanol–water partition coefficient (Wildman–Crippen LogP) is 1.01. The highest BCUT2D eigenvalue weighted by Crippen LogP contribution is 2.16. The normalized spacial score (nSPS) is 19.8. The lowest BCUT2D eigenvalue weighted by molar-refractivity contribution is -0.134. The average Bonchev–Trinajstić information content (AvgIpc) is 2.43. The Balaban J connectivity index is 2.39. The fourth-order valence-electron chi connectivity index (χ4n) is 2.43. The van der Waals surface area contributed by atoms with Crippen LogP contribution in [0, 0.1) is 0 Å². The third-order valence-electron chi connectivity index (χ3n) is 3.85. The van der Waals surface area contributed by atoms with Crippen LogP contribution in [-0.4, -0.2) is 66.5 Å². The van der Waals surface area contributed by atoms with Gasteiger partial charge in [-0.15, -0.1) is 0 Å². The number of amides is 1. The molecule has 0 aromatic carbocycles. The van der Waals surface area contributed by atoms with Crippen LogP contribution in [0.3, 0.4) is 0 Å². The fourth-order valence-corrected chi connectivity index (χ4v) is 2.92. The van der Waals surface area contributed by atoms with Crippen molar-refractivity contribution in [2.75, 3.05) is 38.7 Å². The van der Waals surface area contributed by atoms with E-state index in [9.17, 15) is 4.79 Å². The highest BCUT2D eigenvalue weighted by atomic mass is 32.2. The van der Waals surface area contributed by atoms with Gasteiger partial charge in [-0.3, -0.25) is 4.79 Å². The van der Waals surface area contributed by atoms with E-state index in [1.54, 1.807) is 11.8 Å². The van der Waals surface area contributed by atoms with E-state index in [1.165, 1.54) is 0 Å². The van der Waals surface area contributed by atoms with Crippen molar-refractivity contribution in [1.82, 2.24) is 9.80 Å². The van der Waals surface area contributed by atoms with Crippen LogP contribution in [0.4, 0.5) is 0 Å². The smallest absolute Gasteiger partial charge is 0.239 e. The summed E-state index contributed by atoms with van der Waals surface area (Å²) in [6, 6.07) is 0.0484.